The molecule has 0 bridgehead atoms. The Labute approximate surface area is 433 Å². The van der Waals surface area contributed by atoms with Gasteiger partial charge in [-0.05, 0) is 41.0 Å². The molecule has 33 heteroatoms. The molecule has 0 radical (unpaired) electrons. The van der Waals surface area contributed by atoms with Crippen molar-refractivity contribution in [2.75, 3.05) is 111 Å². The topological polar surface area (TPSA) is 387 Å². The minimum absolute atomic E-state index is 0. The molecule has 0 amide bonds. The van der Waals surface area contributed by atoms with E-state index in [1.807, 2.05) is 13.8 Å². The molecule has 0 saturated heterocycles. The van der Waals surface area contributed by atoms with Gasteiger partial charge in [0.2, 0.25) is 0 Å². The predicted molar refractivity (Wildman–Crippen MR) is 272 cm³/mol. The lowest BCUT2D eigenvalue weighted by molar-refractivity contribution is -0.231. The smallest absolute Gasteiger partial charge is 0.748 e. The van der Waals surface area contributed by atoms with Gasteiger partial charge < -0.3 is 64.2 Å². The van der Waals surface area contributed by atoms with Crippen molar-refractivity contribution in [2.24, 2.45) is 11.8 Å². The van der Waals surface area contributed by atoms with Crippen molar-refractivity contribution in [1.29, 1.82) is 0 Å². The van der Waals surface area contributed by atoms with E-state index in [9.17, 15) is 51.3 Å². The SMILES string of the molecule is CC(=O)OO.CCC(CSSCC(NC)C(=O)OC)C(=O)OC.CCC(CSSCC(NC)C(=O)OC)C(=O)OC.CNC(CS(=O)(=O)[O-])C(=O)OC.CNC(CS)C(=O)OC.O=C(O)CS.OO.[H+]. The van der Waals surface area contributed by atoms with E-state index in [1.165, 1.54) is 42.6 Å². The van der Waals surface area contributed by atoms with Crippen LogP contribution in [-0.4, -0.2) is 217 Å². The van der Waals surface area contributed by atoms with Crippen molar-refractivity contribution in [3.63, 3.8) is 0 Å². The maximum absolute atomic E-state index is 11.4. The summed E-state index contributed by atoms with van der Waals surface area (Å²) in [5.41, 5.74) is 0. The fraction of sp³-hybridized carbons (Fsp3) is 0.778. The number of carboxylic acids is 1. The number of methoxy groups -OCH3 is 6. The van der Waals surface area contributed by atoms with Crippen LogP contribution in [0.3, 0.4) is 0 Å². The number of carboxylic acid groups (broad SMARTS) is 1. The number of hydrogen-bond acceptors (Lipinski definition) is 31. The van der Waals surface area contributed by atoms with Crippen LogP contribution in [0.4, 0.5) is 0 Å². The van der Waals surface area contributed by atoms with Crippen molar-refractivity contribution < 1.29 is 107 Å². The molecule has 0 aromatic rings. The number of hydrogen-bond donors (Lipinski definition) is 10. The second-order valence-corrected chi connectivity index (χ2v) is 19.1. The van der Waals surface area contributed by atoms with Crippen LogP contribution in [0, 0.1) is 11.8 Å². The first-order valence-corrected chi connectivity index (χ1v) is 27.3. The van der Waals surface area contributed by atoms with Crippen molar-refractivity contribution in [3.8, 4) is 0 Å². The number of likely N-dealkylation sites (N-methyl/N-ethyl adjacent to an activating group) is 4. The van der Waals surface area contributed by atoms with Gasteiger partial charge in [-0.1, -0.05) is 57.0 Å². The van der Waals surface area contributed by atoms with Gasteiger partial charge in [0.25, 0.3) is 0 Å². The number of thiol groups is 2. The third kappa shape index (κ3) is 53.1. The molecule has 0 aromatic heterocycles. The Morgan fingerprint density at radius 2 is 0.812 bits per heavy atom. The van der Waals surface area contributed by atoms with Crippen molar-refractivity contribution >= 4 is 126 Å². The summed E-state index contributed by atoms with van der Waals surface area (Å²) < 4.78 is 58.1. The van der Waals surface area contributed by atoms with Crippen LogP contribution in [0.5, 0.6) is 0 Å². The minimum Gasteiger partial charge on any atom is -0.748 e. The summed E-state index contributed by atoms with van der Waals surface area (Å²) in [6, 6.07) is -1.99. The Morgan fingerprint density at radius 1 is 0.565 bits per heavy atom. The number of ether oxygens (including phenoxy) is 6. The lowest BCUT2D eigenvalue weighted by atomic mass is 10.1. The van der Waals surface area contributed by atoms with E-state index < -0.39 is 39.8 Å². The number of aliphatic carboxylic acids is 1. The Kier molecular flexibility index (Phi) is 65.9. The highest BCUT2D eigenvalue weighted by Gasteiger charge is 2.22. The summed E-state index contributed by atoms with van der Waals surface area (Å²) in [5, 5.41) is 37.8. The first-order chi connectivity index (χ1) is 32.4. The van der Waals surface area contributed by atoms with Gasteiger partial charge in [-0.15, -0.1) is 0 Å². The highest BCUT2D eigenvalue weighted by atomic mass is 33.1. The first-order valence-electron chi connectivity index (χ1n) is 19.4. The fourth-order valence-corrected chi connectivity index (χ4v) is 9.73. The summed E-state index contributed by atoms with van der Waals surface area (Å²) >= 11 is 7.34. The van der Waals surface area contributed by atoms with Gasteiger partial charge >= 0.3 is 49.2 Å². The summed E-state index contributed by atoms with van der Waals surface area (Å²) in [6.45, 7) is 5.02. The maximum atomic E-state index is 11.4. The zero-order chi connectivity index (χ0) is 55.6. The van der Waals surface area contributed by atoms with Crippen LogP contribution >= 0.6 is 68.4 Å². The molecular weight excluding hydrogens is 1060 g/mol. The molecule has 69 heavy (non-hydrogen) atoms. The Morgan fingerprint density at radius 3 is 0.986 bits per heavy atom. The zero-order valence-corrected chi connectivity index (χ0v) is 46.8. The molecule has 0 rings (SSSR count). The van der Waals surface area contributed by atoms with Crippen LogP contribution in [0.1, 0.15) is 35.0 Å². The molecule has 8 N–H and O–H groups in total. The van der Waals surface area contributed by atoms with Gasteiger partial charge in [-0.2, -0.15) is 30.5 Å². The lowest BCUT2D eigenvalue weighted by Crippen LogP contribution is -2.40. The largest absolute Gasteiger partial charge is 1.00 e. The first kappa shape index (κ1) is 80.6. The Balaban J connectivity index is -0.000000115. The molecule has 412 valence electrons. The molecule has 0 heterocycles. The van der Waals surface area contributed by atoms with Crippen molar-refractivity contribution in [2.45, 2.75) is 57.8 Å². The minimum atomic E-state index is -4.40. The third-order valence-corrected chi connectivity index (χ3v) is 13.7. The summed E-state index contributed by atoms with van der Waals surface area (Å²) in [6.07, 6.45) is 1.51. The number of carbonyl (C=O) groups excluding carboxylic acids is 7. The molecule has 6 atom stereocenters. The molecule has 0 aromatic carbocycles. The second kappa shape index (κ2) is 56.4. The van der Waals surface area contributed by atoms with E-state index in [0.29, 0.717) is 28.8 Å². The van der Waals surface area contributed by atoms with E-state index in [0.717, 1.165) is 26.9 Å². The van der Waals surface area contributed by atoms with Crippen LogP contribution in [0.15, 0.2) is 0 Å². The van der Waals surface area contributed by atoms with E-state index in [4.69, 9.17) is 30.4 Å². The van der Waals surface area contributed by atoms with Crippen LogP contribution < -0.4 is 21.3 Å². The number of carbonyl (C=O) groups is 8. The average Bonchev–Trinajstić information content (AvgIpc) is 3.35. The molecule has 0 saturated carbocycles. The van der Waals surface area contributed by atoms with Gasteiger partial charge in [0.1, 0.15) is 24.2 Å². The maximum Gasteiger partial charge on any atom is 1.00 e. The third-order valence-electron chi connectivity index (χ3n) is 7.38. The van der Waals surface area contributed by atoms with Crippen molar-refractivity contribution in [3.05, 3.63) is 0 Å². The molecule has 0 spiro atoms. The molecule has 0 aliphatic carbocycles. The summed E-state index contributed by atoms with van der Waals surface area (Å²) in [4.78, 5) is 88.4. The molecule has 0 aliphatic heterocycles. The molecule has 6 unspecified atom stereocenters. The number of rotatable bonds is 26. The quantitative estimate of drug-likeness (QED) is 0.00836. The highest BCUT2D eigenvalue weighted by molar-refractivity contribution is 8.77. The average molecular weight is 1140 g/mol. The van der Waals surface area contributed by atoms with Gasteiger partial charge in [0, 0.05) is 35.7 Å². The van der Waals surface area contributed by atoms with Gasteiger partial charge in [0.15, 0.2) is 0 Å². The Hall–Kier alpha value is -2.51. The van der Waals surface area contributed by atoms with Gasteiger partial charge in [0.05, 0.1) is 76.1 Å². The summed E-state index contributed by atoms with van der Waals surface area (Å²) in [5.74, 6) is -1.52. The Bertz CT molecular complexity index is 1350. The number of esters is 6. The van der Waals surface area contributed by atoms with Gasteiger partial charge in [-0.25, -0.2) is 13.2 Å². The van der Waals surface area contributed by atoms with Crippen LogP contribution in [0.25, 0.3) is 0 Å². The number of nitrogens with one attached hydrogen (secondary N) is 4. The zero-order valence-electron chi connectivity index (χ0n) is 41.9. The monoisotopic (exact) mass is 1140 g/mol. The molecule has 0 aliphatic rings. The fourth-order valence-electron chi connectivity index (χ4n) is 3.40. The molecule has 0 fully saturated rings. The highest BCUT2D eigenvalue weighted by Crippen LogP contribution is 2.27. The van der Waals surface area contributed by atoms with Crippen LogP contribution in [-0.2, 0) is 81.8 Å². The second-order valence-electron chi connectivity index (χ2n) is 11.9. The molecular formula is C36H74N4O22S7. The van der Waals surface area contributed by atoms with E-state index >= 15 is 0 Å². The predicted octanol–water partition coefficient (Wildman–Crippen LogP) is 0.779. The molecule has 26 nitrogen and oxygen atoms in total. The van der Waals surface area contributed by atoms with E-state index in [-0.39, 0.29) is 67.0 Å². The standard InChI is InChI=1S/2C11H21NO4S2.C5H11NO5S.C5H11NO2S.C2H4O3.C2H4O2S.H2O2/c2*1-5-8(10(13)15-3)6-17-18-7-9(12-2)11(14)16-4;1-6-4(5(7)11-2)3-12(8,9)10;1-6-4(3-9)5(7)8-2;1-2(3)5-4;3-2(4)1-5;1-2/h2*8-9,12H,5-7H2,1-4H3;4,6H,3H2,1-2H3,(H,8,9,10);4,6,9H,3H2,1-2H3;4H,1H3;5H,1H2,(H,3,4);1-2H. The van der Waals surface area contributed by atoms with E-state index in [1.54, 1.807) is 64.3 Å². The lowest BCUT2D eigenvalue weighted by Gasteiger charge is -2.15. The van der Waals surface area contributed by atoms with Gasteiger partial charge in [-0.3, -0.25) is 44.1 Å². The summed E-state index contributed by atoms with van der Waals surface area (Å²) in [7, 11) is 16.3. The normalized spacial score (nSPS) is 12.4. The van der Waals surface area contributed by atoms with Crippen molar-refractivity contribution in [1.82, 2.24) is 21.3 Å². The van der Waals surface area contributed by atoms with Crippen LogP contribution in [0.2, 0.25) is 0 Å². The van der Waals surface area contributed by atoms with E-state index in [2.05, 4.69) is 70.4 Å².